The van der Waals surface area contributed by atoms with Crippen LogP contribution in [0.3, 0.4) is 0 Å². The van der Waals surface area contributed by atoms with Gasteiger partial charge in [0.15, 0.2) is 5.76 Å². The Morgan fingerprint density at radius 1 is 1.00 bits per heavy atom. The summed E-state index contributed by atoms with van der Waals surface area (Å²) in [7, 11) is -3.51. The van der Waals surface area contributed by atoms with Crippen molar-refractivity contribution in [3.05, 3.63) is 42.5 Å². The summed E-state index contributed by atoms with van der Waals surface area (Å²) in [5.41, 5.74) is 0. The molecule has 4 rings (SSSR count). The number of sulfonamides is 1. The van der Waals surface area contributed by atoms with Crippen molar-refractivity contribution in [2.75, 3.05) is 57.4 Å². The van der Waals surface area contributed by atoms with E-state index in [1.165, 1.54) is 16.8 Å². The molecular weight excluding hydrogens is 384 g/mol. The predicted molar refractivity (Wildman–Crippen MR) is 99.4 cm³/mol. The van der Waals surface area contributed by atoms with Crippen LogP contribution in [-0.2, 0) is 14.8 Å². The number of piperazine rings is 1. The Balaban J connectivity index is 1.39. The first kappa shape index (κ1) is 18.9. The van der Waals surface area contributed by atoms with Gasteiger partial charge >= 0.3 is 0 Å². The van der Waals surface area contributed by atoms with E-state index < -0.39 is 10.0 Å². The first-order chi connectivity index (χ1) is 13.6. The van der Waals surface area contributed by atoms with E-state index in [-0.39, 0.29) is 10.8 Å². The number of ether oxygens (including phenoxy) is 1. The van der Waals surface area contributed by atoms with Crippen molar-refractivity contribution in [1.82, 2.24) is 9.21 Å². The summed E-state index contributed by atoms with van der Waals surface area (Å²) >= 11 is 0. The summed E-state index contributed by atoms with van der Waals surface area (Å²) < 4.78 is 37.2. The van der Waals surface area contributed by atoms with Gasteiger partial charge in [0, 0.05) is 19.2 Å². The number of morpholine rings is 1. The van der Waals surface area contributed by atoms with E-state index >= 15 is 0 Å². The van der Waals surface area contributed by atoms with Crippen LogP contribution < -0.4 is 9.88 Å². The molecule has 0 saturated carbocycles. The maximum atomic E-state index is 12.7. The number of rotatable bonds is 4. The van der Waals surface area contributed by atoms with Crippen LogP contribution in [0.25, 0.3) is 0 Å². The Labute approximate surface area is 163 Å². The lowest BCUT2D eigenvalue weighted by atomic mass is 10.2. The highest BCUT2D eigenvalue weighted by molar-refractivity contribution is 7.89. The van der Waals surface area contributed by atoms with Gasteiger partial charge in [-0.1, -0.05) is 0 Å². The molecule has 1 N–H and O–H groups in total. The third kappa shape index (κ3) is 3.75. The zero-order chi connectivity index (χ0) is 19.6. The summed E-state index contributed by atoms with van der Waals surface area (Å²) in [4.78, 5) is 19.5. The molecule has 0 spiro atoms. The number of nitrogens with zero attached hydrogens (tertiary/aromatic N) is 3. The third-order valence-corrected chi connectivity index (χ3v) is 6.91. The minimum absolute atomic E-state index is 0.111. The van der Waals surface area contributed by atoms with E-state index in [4.69, 9.17) is 9.15 Å². The molecule has 0 atom stereocenters. The van der Waals surface area contributed by atoms with Gasteiger partial charge in [-0.25, -0.2) is 13.4 Å². The number of carbonyl (C=O) groups is 1. The summed E-state index contributed by atoms with van der Waals surface area (Å²) in [6, 6.07) is 6.76. The molecule has 2 aliphatic heterocycles. The first-order valence-corrected chi connectivity index (χ1v) is 10.7. The number of aromatic amines is 1. The zero-order valence-corrected chi connectivity index (χ0v) is 16.2. The molecule has 2 aliphatic rings. The minimum Gasteiger partial charge on any atom is -0.459 e. The molecule has 2 saturated heterocycles. The number of aromatic nitrogens is 1. The molecule has 9 nitrogen and oxygen atoms in total. The number of carbonyl (C=O) groups excluding carboxylic acids is 1. The lowest BCUT2D eigenvalue weighted by Crippen LogP contribution is -2.50. The Morgan fingerprint density at radius 2 is 1.75 bits per heavy atom. The van der Waals surface area contributed by atoms with Gasteiger partial charge in [0.05, 0.1) is 32.6 Å². The number of amides is 1. The van der Waals surface area contributed by atoms with Gasteiger partial charge in [-0.15, -0.1) is 0 Å². The summed E-state index contributed by atoms with van der Waals surface area (Å²) in [6.45, 7) is 4.02. The van der Waals surface area contributed by atoms with E-state index in [1.807, 2.05) is 0 Å². The molecule has 2 aromatic heterocycles. The van der Waals surface area contributed by atoms with E-state index in [0.717, 1.165) is 5.82 Å². The summed E-state index contributed by atoms with van der Waals surface area (Å²) in [5, 5.41) is 0. The van der Waals surface area contributed by atoms with Gasteiger partial charge in [-0.05, 0) is 18.2 Å². The quantitative estimate of drug-likeness (QED) is 0.712. The molecule has 4 heterocycles. The van der Waals surface area contributed by atoms with Crippen molar-refractivity contribution in [2.24, 2.45) is 0 Å². The van der Waals surface area contributed by atoms with Crippen LogP contribution in [0.15, 0.2) is 46.0 Å². The molecule has 2 fully saturated rings. The van der Waals surface area contributed by atoms with E-state index in [9.17, 15) is 13.2 Å². The lowest BCUT2D eigenvalue weighted by molar-refractivity contribution is -0.367. The average Bonchev–Trinajstić information content (AvgIpc) is 3.29. The van der Waals surface area contributed by atoms with Gasteiger partial charge in [-0.3, -0.25) is 9.69 Å². The fourth-order valence-electron chi connectivity index (χ4n) is 3.40. The monoisotopic (exact) mass is 407 g/mol. The molecule has 150 valence electrons. The highest BCUT2D eigenvalue weighted by atomic mass is 32.2. The Kier molecular flexibility index (Phi) is 5.33. The molecule has 2 aromatic rings. The number of hydrogen-bond acceptors (Lipinski definition) is 6. The van der Waals surface area contributed by atoms with Gasteiger partial charge in [0.25, 0.3) is 11.7 Å². The van der Waals surface area contributed by atoms with Crippen molar-refractivity contribution in [2.45, 2.75) is 4.90 Å². The Hall–Kier alpha value is -2.43. The lowest BCUT2D eigenvalue weighted by Gasteiger charge is -2.30. The van der Waals surface area contributed by atoms with Crippen molar-refractivity contribution < 1.29 is 27.4 Å². The number of nitrogens with one attached hydrogen (secondary N) is 1. The largest absolute Gasteiger partial charge is 0.459 e. The second kappa shape index (κ2) is 7.90. The molecule has 0 radical (unpaired) electrons. The predicted octanol–water partition coefficient (Wildman–Crippen LogP) is 0.0770. The second-order valence-corrected chi connectivity index (χ2v) is 8.62. The van der Waals surface area contributed by atoms with Crippen LogP contribution in [0.5, 0.6) is 0 Å². The fraction of sp³-hybridized carbons (Fsp3) is 0.444. The van der Waals surface area contributed by atoms with Crippen LogP contribution >= 0.6 is 0 Å². The van der Waals surface area contributed by atoms with Crippen LogP contribution in [0.4, 0.5) is 5.82 Å². The van der Waals surface area contributed by atoms with E-state index in [0.29, 0.717) is 58.2 Å². The number of anilines is 1. The number of pyridine rings is 1. The second-order valence-electron chi connectivity index (χ2n) is 6.68. The van der Waals surface area contributed by atoms with Crippen LogP contribution in [-0.4, -0.2) is 76.0 Å². The number of hydrogen-bond donors (Lipinski definition) is 0. The van der Waals surface area contributed by atoms with E-state index in [1.54, 1.807) is 29.2 Å². The molecule has 10 heteroatoms. The standard InChI is InChI=1S/C18H22N4O5S/c23-18(16-2-1-11-27-16)21-7-5-20(6-8-21)17-4-3-15(14-19-17)28(24,25)22-9-12-26-13-10-22/h1-4,11,14H,5-10,12-13H2/p+1. The summed E-state index contributed by atoms with van der Waals surface area (Å²) in [6.07, 6.45) is 3.02. The van der Waals surface area contributed by atoms with Crippen LogP contribution in [0.2, 0.25) is 0 Å². The van der Waals surface area contributed by atoms with Crippen LogP contribution in [0.1, 0.15) is 10.6 Å². The SMILES string of the molecule is O=C(c1ccco1)N1CCN(c2ccc(S(=O)(=O)N3CCOCC3)c[nH+]2)CC1. The minimum atomic E-state index is -3.51. The topological polar surface area (TPSA) is 97.4 Å². The van der Waals surface area contributed by atoms with Crippen molar-refractivity contribution in [3.63, 3.8) is 0 Å². The maximum Gasteiger partial charge on any atom is 0.289 e. The Bertz CT molecular complexity index is 900. The molecule has 1 amide bonds. The fourth-order valence-corrected chi connectivity index (χ4v) is 4.78. The van der Waals surface area contributed by atoms with Gasteiger partial charge in [0.1, 0.15) is 24.2 Å². The first-order valence-electron chi connectivity index (χ1n) is 9.23. The Morgan fingerprint density at radius 3 is 2.36 bits per heavy atom. The number of H-pyrrole nitrogens is 1. The molecule has 28 heavy (non-hydrogen) atoms. The molecule has 0 unspecified atom stereocenters. The molecule has 0 bridgehead atoms. The van der Waals surface area contributed by atoms with Crippen LogP contribution in [0, 0.1) is 0 Å². The van der Waals surface area contributed by atoms with Gasteiger partial charge < -0.3 is 14.1 Å². The van der Waals surface area contributed by atoms with Gasteiger partial charge in [-0.2, -0.15) is 4.31 Å². The summed E-state index contributed by atoms with van der Waals surface area (Å²) in [5.74, 6) is 1.06. The highest BCUT2D eigenvalue weighted by Gasteiger charge is 2.30. The smallest absolute Gasteiger partial charge is 0.289 e. The molecule has 0 aromatic carbocycles. The normalized spacial score (nSPS) is 19.0. The molecule has 0 aliphatic carbocycles. The van der Waals surface area contributed by atoms with Gasteiger partial charge in [0.2, 0.25) is 10.0 Å². The maximum absolute atomic E-state index is 12.7. The number of furan rings is 1. The van der Waals surface area contributed by atoms with Crippen molar-refractivity contribution >= 4 is 21.7 Å². The zero-order valence-electron chi connectivity index (χ0n) is 15.4. The van der Waals surface area contributed by atoms with E-state index in [2.05, 4.69) is 9.88 Å². The molecular formula is C18H23N4O5S+. The highest BCUT2D eigenvalue weighted by Crippen LogP contribution is 2.18. The average molecular weight is 407 g/mol. The van der Waals surface area contributed by atoms with Crippen molar-refractivity contribution in [3.8, 4) is 0 Å². The van der Waals surface area contributed by atoms with Crippen molar-refractivity contribution in [1.29, 1.82) is 0 Å². The third-order valence-electron chi connectivity index (χ3n) is 5.02.